The van der Waals surface area contributed by atoms with E-state index in [-0.39, 0.29) is 0 Å². The predicted molar refractivity (Wildman–Crippen MR) is 60.5 cm³/mol. The Morgan fingerprint density at radius 2 is 2.00 bits per heavy atom. The van der Waals surface area contributed by atoms with E-state index in [2.05, 4.69) is 19.2 Å². The summed E-state index contributed by atoms with van der Waals surface area (Å²) < 4.78 is 5.57. The Labute approximate surface area is 88.4 Å². The maximum atomic E-state index is 5.57. The minimum atomic E-state index is 0.707. The molecule has 0 aromatic carbocycles. The Kier molecular flexibility index (Phi) is 6.20. The number of hydrogen-bond donors (Lipinski definition) is 1. The van der Waals surface area contributed by atoms with E-state index in [0.717, 1.165) is 32.1 Å². The van der Waals surface area contributed by atoms with Crippen LogP contribution in [0.1, 0.15) is 46.0 Å². The lowest BCUT2D eigenvalue weighted by atomic mass is 10.2. The van der Waals surface area contributed by atoms with Crippen LogP contribution in [-0.2, 0) is 4.74 Å². The Morgan fingerprint density at radius 3 is 2.57 bits per heavy atom. The van der Waals surface area contributed by atoms with E-state index in [1.54, 1.807) is 0 Å². The summed E-state index contributed by atoms with van der Waals surface area (Å²) in [7, 11) is 0. The molecule has 0 aromatic rings. The first kappa shape index (κ1) is 12.0. The number of nitrogens with one attached hydrogen (secondary N) is 1. The summed E-state index contributed by atoms with van der Waals surface area (Å²) in [5.74, 6) is 0.905. The molecule has 0 aromatic heterocycles. The average Bonchev–Trinajstić information content (AvgIpc) is 3.01. The summed E-state index contributed by atoms with van der Waals surface area (Å²) in [5.41, 5.74) is 0. The molecule has 0 bridgehead atoms. The zero-order valence-corrected chi connectivity index (χ0v) is 9.72. The van der Waals surface area contributed by atoms with E-state index in [9.17, 15) is 0 Å². The van der Waals surface area contributed by atoms with E-state index >= 15 is 0 Å². The van der Waals surface area contributed by atoms with Gasteiger partial charge in [-0.3, -0.25) is 0 Å². The van der Waals surface area contributed by atoms with Crippen LogP contribution < -0.4 is 5.32 Å². The highest BCUT2D eigenvalue weighted by Crippen LogP contribution is 2.28. The molecule has 1 aliphatic carbocycles. The number of rotatable bonds is 9. The van der Waals surface area contributed by atoms with Crippen molar-refractivity contribution in [3.63, 3.8) is 0 Å². The molecule has 0 unspecified atom stereocenters. The van der Waals surface area contributed by atoms with Crippen molar-refractivity contribution in [2.24, 2.45) is 5.92 Å². The van der Waals surface area contributed by atoms with Crippen molar-refractivity contribution < 1.29 is 4.74 Å². The van der Waals surface area contributed by atoms with Gasteiger partial charge < -0.3 is 10.1 Å². The van der Waals surface area contributed by atoms with Gasteiger partial charge in [0.15, 0.2) is 0 Å². The maximum Gasteiger partial charge on any atom is 0.0494 e. The van der Waals surface area contributed by atoms with Crippen LogP contribution in [0.3, 0.4) is 0 Å². The number of ether oxygens (including phenoxy) is 1. The second-order valence-electron chi connectivity index (χ2n) is 4.34. The van der Waals surface area contributed by atoms with Crippen LogP contribution in [0.4, 0.5) is 0 Å². The molecule has 2 heteroatoms. The second-order valence-corrected chi connectivity index (χ2v) is 4.34. The molecule has 84 valence electrons. The molecule has 0 atom stereocenters. The molecule has 1 aliphatic rings. The highest BCUT2D eigenvalue weighted by atomic mass is 16.5. The van der Waals surface area contributed by atoms with Crippen molar-refractivity contribution >= 4 is 0 Å². The number of hydrogen-bond acceptors (Lipinski definition) is 2. The average molecular weight is 199 g/mol. The molecule has 0 radical (unpaired) electrons. The van der Waals surface area contributed by atoms with Crippen LogP contribution in [0.5, 0.6) is 0 Å². The topological polar surface area (TPSA) is 21.3 Å². The van der Waals surface area contributed by atoms with Crippen LogP contribution in [0.15, 0.2) is 0 Å². The van der Waals surface area contributed by atoms with Gasteiger partial charge in [0.1, 0.15) is 0 Å². The van der Waals surface area contributed by atoms with Crippen LogP contribution in [0.2, 0.25) is 0 Å². The van der Waals surface area contributed by atoms with Gasteiger partial charge >= 0.3 is 0 Å². The third-order valence-corrected chi connectivity index (χ3v) is 2.93. The molecule has 2 nitrogen and oxygen atoms in total. The smallest absolute Gasteiger partial charge is 0.0494 e. The highest BCUT2D eigenvalue weighted by Gasteiger charge is 2.20. The zero-order chi connectivity index (χ0) is 10.2. The molecular formula is C12H25NO. The van der Waals surface area contributed by atoms with Crippen LogP contribution >= 0.6 is 0 Å². The normalized spacial score (nSPS) is 16.5. The fraction of sp³-hybridized carbons (Fsp3) is 1.00. The molecule has 1 N–H and O–H groups in total. The summed E-state index contributed by atoms with van der Waals surface area (Å²) in [6, 6.07) is 0.707. The second kappa shape index (κ2) is 7.24. The Bertz CT molecular complexity index is 130. The minimum absolute atomic E-state index is 0.707. The molecule has 1 saturated carbocycles. The van der Waals surface area contributed by atoms with Gasteiger partial charge in [-0.2, -0.15) is 0 Å². The van der Waals surface area contributed by atoms with Gasteiger partial charge in [-0.05, 0) is 44.6 Å². The summed E-state index contributed by atoms with van der Waals surface area (Å²) in [6.45, 7) is 7.53. The molecule has 0 spiro atoms. The van der Waals surface area contributed by atoms with Crippen molar-refractivity contribution in [1.82, 2.24) is 5.32 Å². The van der Waals surface area contributed by atoms with Gasteiger partial charge in [-0.1, -0.05) is 13.8 Å². The first-order valence-electron chi connectivity index (χ1n) is 6.18. The monoisotopic (exact) mass is 199 g/mol. The summed E-state index contributed by atoms with van der Waals surface area (Å²) in [6.07, 6.45) is 6.42. The molecule has 14 heavy (non-hydrogen) atoms. The zero-order valence-electron chi connectivity index (χ0n) is 9.72. The van der Waals surface area contributed by atoms with E-state index in [1.165, 1.54) is 25.7 Å². The molecule has 1 fully saturated rings. The lowest BCUT2D eigenvalue weighted by molar-refractivity contribution is 0.121. The van der Waals surface area contributed by atoms with Gasteiger partial charge in [-0.15, -0.1) is 0 Å². The lowest BCUT2D eigenvalue weighted by Crippen LogP contribution is -2.29. The van der Waals surface area contributed by atoms with Gasteiger partial charge in [0.2, 0.25) is 0 Å². The van der Waals surface area contributed by atoms with E-state index in [0.29, 0.717) is 6.04 Å². The Hall–Kier alpha value is -0.0800. The molecular weight excluding hydrogens is 174 g/mol. The molecule has 0 aliphatic heterocycles. The Morgan fingerprint density at radius 1 is 1.29 bits per heavy atom. The summed E-state index contributed by atoms with van der Waals surface area (Å²) in [4.78, 5) is 0. The van der Waals surface area contributed by atoms with Crippen LogP contribution in [0, 0.1) is 5.92 Å². The van der Waals surface area contributed by atoms with Gasteiger partial charge in [0, 0.05) is 19.3 Å². The standard InChI is InChI=1S/C12H25NO/c1-3-12(4-2)13-8-5-9-14-10-11-6-7-11/h11-13H,3-10H2,1-2H3. The lowest BCUT2D eigenvalue weighted by Gasteiger charge is -2.14. The third kappa shape index (κ3) is 5.61. The first-order valence-corrected chi connectivity index (χ1v) is 6.18. The SMILES string of the molecule is CCC(CC)NCCCOCC1CC1. The molecule has 0 saturated heterocycles. The van der Waals surface area contributed by atoms with Crippen LogP contribution in [-0.4, -0.2) is 25.8 Å². The third-order valence-electron chi connectivity index (χ3n) is 2.93. The van der Waals surface area contributed by atoms with E-state index in [4.69, 9.17) is 4.74 Å². The summed E-state index contributed by atoms with van der Waals surface area (Å²) >= 11 is 0. The van der Waals surface area contributed by atoms with Crippen LogP contribution in [0.25, 0.3) is 0 Å². The molecule has 0 amide bonds. The van der Waals surface area contributed by atoms with Crippen molar-refractivity contribution in [2.75, 3.05) is 19.8 Å². The highest BCUT2D eigenvalue weighted by molar-refractivity contribution is 4.71. The molecule has 1 rings (SSSR count). The predicted octanol–water partition coefficient (Wildman–Crippen LogP) is 2.58. The summed E-state index contributed by atoms with van der Waals surface area (Å²) in [5, 5.41) is 3.54. The van der Waals surface area contributed by atoms with Gasteiger partial charge in [0.05, 0.1) is 0 Å². The van der Waals surface area contributed by atoms with Crippen molar-refractivity contribution in [1.29, 1.82) is 0 Å². The fourth-order valence-electron chi connectivity index (χ4n) is 1.59. The van der Waals surface area contributed by atoms with Crippen molar-refractivity contribution in [2.45, 2.75) is 52.0 Å². The maximum absolute atomic E-state index is 5.57. The quantitative estimate of drug-likeness (QED) is 0.576. The van der Waals surface area contributed by atoms with E-state index < -0.39 is 0 Å². The fourth-order valence-corrected chi connectivity index (χ4v) is 1.59. The van der Waals surface area contributed by atoms with Crippen molar-refractivity contribution in [3.05, 3.63) is 0 Å². The minimum Gasteiger partial charge on any atom is -0.381 e. The van der Waals surface area contributed by atoms with Gasteiger partial charge in [-0.25, -0.2) is 0 Å². The first-order chi connectivity index (χ1) is 6.86. The Balaban J connectivity index is 1.78. The van der Waals surface area contributed by atoms with Crippen molar-refractivity contribution in [3.8, 4) is 0 Å². The molecule has 0 heterocycles. The van der Waals surface area contributed by atoms with Gasteiger partial charge in [0.25, 0.3) is 0 Å². The largest absolute Gasteiger partial charge is 0.381 e. The van der Waals surface area contributed by atoms with E-state index in [1.807, 2.05) is 0 Å².